The van der Waals surface area contributed by atoms with E-state index in [1.54, 1.807) is 6.34 Å². The van der Waals surface area contributed by atoms with E-state index >= 15 is 0 Å². The maximum absolute atomic E-state index is 3.95. The van der Waals surface area contributed by atoms with Gasteiger partial charge in [0.25, 0.3) is 0 Å². The summed E-state index contributed by atoms with van der Waals surface area (Å²) >= 11 is 1.51. The van der Waals surface area contributed by atoms with Crippen LogP contribution in [0.2, 0.25) is 0 Å². The van der Waals surface area contributed by atoms with E-state index in [1.165, 1.54) is 11.8 Å². The van der Waals surface area contributed by atoms with Gasteiger partial charge in [0.2, 0.25) is 0 Å². The first-order chi connectivity index (χ1) is 3.97. The van der Waals surface area contributed by atoms with Gasteiger partial charge in [0, 0.05) is 0 Å². The highest BCUT2D eigenvalue weighted by Gasteiger charge is 2.15. The number of nitrogens with zero attached hydrogens (tertiary/aromatic N) is 2. The third-order valence-electron chi connectivity index (χ3n) is 0.952. The molecule has 2 heterocycles. The molecule has 0 amide bonds. The van der Waals surface area contributed by atoms with Crippen LogP contribution in [0.4, 0.5) is 0 Å². The summed E-state index contributed by atoms with van der Waals surface area (Å²) in [4.78, 5) is 7.87. The summed E-state index contributed by atoms with van der Waals surface area (Å²) in [5, 5.41) is 1.93. The van der Waals surface area contributed by atoms with Gasteiger partial charge in [-0.15, -0.1) is 11.8 Å². The van der Waals surface area contributed by atoms with Crippen LogP contribution < -0.4 is 0 Å². The summed E-state index contributed by atoms with van der Waals surface area (Å²) in [5.74, 6) is 2.97. The fraction of sp³-hybridized carbons (Fsp3) is 0. The Morgan fingerprint density at radius 3 is 3.50 bits per heavy atom. The van der Waals surface area contributed by atoms with Crippen LogP contribution in [0.3, 0.4) is 0 Å². The van der Waals surface area contributed by atoms with Crippen LogP contribution in [0, 0.1) is 5.75 Å². The van der Waals surface area contributed by atoms with E-state index in [0.29, 0.717) is 0 Å². The molecule has 2 rings (SSSR count). The fourth-order valence-electron chi connectivity index (χ4n) is 0.582. The number of aliphatic imine (C=N–C) groups is 2. The summed E-state index contributed by atoms with van der Waals surface area (Å²) in [5.41, 5.74) is 1.84. The molecule has 2 nitrogen and oxygen atoms in total. The minimum atomic E-state index is 0.884. The molecule has 0 aromatic rings. The van der Waals surface area contributed by atoms with Crippen molar-refractivity contribution in [3.05, 3.63) is 16.9 Å². The van der Waals surface area contributed by atoms with Crippen LogP contribution in [0.5, 0.6) is 0 Å². The van der Waals surface area contributed by atoms with E-state index in [9.17, 15) is 0 Å². The molecule has 2 aliphatic heterocycles. The van der Waals surface area contributed by atoms with Crippen molar-refractivity contribution in [2.24, 2.45) is 9.98 Å². The average molecular weight is 122 g/mol. The first-order valence-corrected chi connectivity index (χ1v) is 3.07. The Morgan fingerprint density at radius 1 is 1.62 bits per heavy atom. The van der Waals surface area contributed by atoms with Crippen LogP contribution in [0.25, 0.3) is 0 Å². The van der Waals surface area contributed by atoms with Gasteiger partial charge >= 0.3 is 0 Å². The lowest BCUT2D eigenvalue weighted by Crippen LogP contribution is -1.87. The number of thioether (sulfide) groups is 1. The zero-order valence-electron chi connectivity index (χ0n) is 3.96. The molecule has 38 valence electrons. The van der Waals surface area contributed by atoms with E-state index in [4.69, 9.17) is 0 Å². The molecule has 0 saturated heterocycles. The lowest BCUT2D eigenvalue weighted by molar-refractivity contribution is 1.55. The molecule has 0 saturated carbocycles. The van der Waals surface area contributed by atoms with Crippen LogP contribution in [-0.2, 0) is 0 Å². The van der Waals surface area contributed by atoms with Gasteiger partial charge in [-0.05, 0) is 5.41 Å². The zero-order valence-corrected chi connectivity index (χ0v) is 4.77. The summed E-state index contributed by atoms with van der Waals surface area (Å²) in [7, 11) is 0. The smallest absolute Gasteiger partial charge is 0.116 e. The summed E-state index contributed by atoms with van der Waals surface area (Å²) in [6, 6.07) is 0. The van der Waals surface area contributed by atoms with Crippen LogP contribution >= 0.6 is 11.8 Å². The number of fused-ring (bicyclic) bond motifs is 1. The largest absolute Gasteiger partial charge is 0.238 e. The number of hydrogen-bond donors (Lipinski definition) is 0. The molecular formula is C5H2N2S. The van der Waals surface area contributed by atoms with Gasteiger partial charge in [-0.3, -0.25) is 0 Å². The molecule has 0 atom stereocenters. The molecule has 0 aromatic heterocycles. The Bertz CT molecular complexity index is 202. The third kappa shape index (κ3) is 0.448. The minimum absolute atomic E-state index is 0.884. The van der Waals surface area contributed by atoms with E-state index in [0.717, 1.165) is 11.4 Å². The number of hydrogen-bond acceptors (Lipinski definition) is 3. The predicted molar refractivity (Wildman–Crippen MR) is 34.8 cm³/mol. The van der Waals surface area contributed by atoms with Crippen molar-refractivity contribution in [2.75, 3.05) is 0 Å². The van der Waals surface area contributed by atoms with Crippen molar-refractivity contribution in [3.8, 4) is 0 Å². The lowest BCUT2D eigenvalue weighted by atomic mass is 10.4. The molecule has 0 bridgehead atoms. The molecule has 0 unspecified atom stereocenters. The third-order valence-corrected chi connectivity index (χ3v) is 1.60. The van der Waals surface area contributed by atoms with Crippen molar-refractivity contribution >= 4 is 23.8 Å². The average Bonchev–Trinajstić information content (AvgIpc) is 2.15. The Morgan fingerprint density at radius 2 is 2.62 bits per heavy atom. The summed E-state index contributed by atoms with van der Waals surface area (Å²) in [6.45, 7) is 0. The monoisotopic (exact) mass is 122 g/mol. The highest BCUT2D eigenvalue weighted by Crippen LogP contribution is 2.26. The van der Waals surface area contributed by atoms with Crippen molar-refractivity contribution in [3.63, 3.8) is 0 Å². The number of allylic oxidation sites excluding steroid dienone is 1. The molecule has 2 aliphatic rings. The Labute approximate surface area is 51.4 Å². The Balaban J connectivity index is 2.49. The Hall–Kier alpha value is -0.570. The summed E-state index contributed by atoms with van der Waals surface area (Å²) < 4.78 is 0. The molecule has 0 aliphatic carbocycles. The first kappa shape index (κ1) is 4.32. The molecule has 0 fully saturated rings. The second-order valence-electron chi connectivity index (χ2n) is 1.45. The van der Waals surface area contributed by atoms with Gasteiger partial charge in [0.05, 0.1) is 11.4 Å². The van der Waals surface area contributed by atoms with Gasteiger partial charge in [-0.25, -0.2) is 9.98 Å². The maximum atomic E-state index is 3.95. The zero-order chi connectivity index (χ0) is 5.40. The second kappa shape index (κ2) is 1.45. The van der Waals surface area contributed by atoms with E-state index in [2.05, 4.69) is 15.7 Å². The highest BCUT2D eigenvalue weighted by molar-refractivity contribution is 8.05. The predicted octanol–water partition coefficient (Wildman–Crippen LogP) is 1.10. The molecular weight excluding hydrogens is 120 g/mol. The molecule has 2 radical (unpaired) electrons. The first-order valence-electron chi connectivity index (χ1n) is 2.19. The summed E-state index contributed by atoms with van der Waals surface area (Å²) in [6.07, 6.45) is 1.55. The molecule has 3 heteroatoms. The normalized spacial score (nSPS) is 23.0. The van der Waals surface area contributed by atoms with Gasteiger partial charge in [0.1, 0.15) is 12.1 Å². The van der Waals surface area contributed by atoms with Crippen LogP contribution in [0.1, 0.15) is 0 Å². The quantitative estimate of drug-likeness (QED) is 0.472. The Kier molecular flexibility index (Phi) is 0.784. The number of rotatable bonds is 0. The van der Waals surface area contributed by atoms with E-state index in [1.807, 2.05) is 5.41 Å². The van der Waals surface area contributed by atoms with Crippen molar-refractivity contribution < 1.29 is 0 Å². The molecule has 0 spiro atoms. The van der Waals surface area contributed by atoms with Crippen molar-refractivity contribution in [2.45, 2.75) is 0 Å². The van der Waals surface area contributed by atoms with Crippen LogP contribution in [0.15, 0.2) is 21.1 Å². The molecule has 0 N–H and O–H groups in total. The van der Waals surface area contributed by atoms with Gasteiger partial charge in [-0.2, -0.15) is 0 Å². The molecule has 0 aromatic carbocycles. The SMILES string of the molecule is [C]1SC=C2N=CN=C12. The van der Waals surface area contributed by atoms with E-state index in [-0.39, 0.29) is 0 Å². The standard InChI is InChI=1S/C5H2N2S/c1-4-5(2-8-1)7-3-6-4/h1,3H. The van der Waals surface area contributed by atoms with Gasteiger partial charge in [0.15, 0.2) is 0 Å². The second-order valence-corrected chi connectivity index (χ2v) is 2.12. The molecule has 8 heavy (non-hydrogen) atoms. The van der Waals surface area contributed by atoms with Gasteiger partial charge in [-0.1, -0.05) is 0 Å². The maximum Gasteiger partial charge on any atom is 0.116 e. The van der Waals surface area contributed by atoms with Crippen LogP contribution in [-0.4, -0.2) is 12.1 Å². The topological polar surface area (TPSA) is 24.7 Å². The minimum Gasteiger partial charge on any atom is -0.238 e. The lowest BCUT2D eigenvalue weighted by Gasteiger charge is -1.80. The fourth-order valence-corrected chi connectivity index (χ4v) is 1.19. The van der Waals surface area contributed by atoms with Crippen molar-refractivity contribution in [1.82, 2.24) is 0 Å². The van der Waals surface area contributed by atoms with Crippen molar-refractivity contribution in [1.29, 1.82) is 0 Å². The van der Waals surface area contributed by atoms with E-state index < -0.39 is 0 Å². The highest BCUT2D eigenvalue weighted by atomic mass is 32.2. The van der Waals surface area contributed by atoms with Gasteiger partial charge < -0.3 is 0 Å².